The van der Waals surface area contributed by atoms with Crippen LogP contribution in [0.2, 0.25) is 0 Å². The zero-order chi connectivity index (χ0) is 29.5. The average molecular weight is 593 g/mol. The normalized spacial score (nSPS) is 12.4. The van der Waals surface area contributed by atoms with Crippen molar-refractivity contribution in [2.45, 2.75) is 0 Å². The quantitative estimate of drug-likeness (QED) is 0.205. The SMILES string of the molecule is c1cncc(-c2cc(-c3cccnc3)cc(N3c4ccccc4-n4c5ccc6c7ccccc7sc6c5c5cccc3c54)c2)c1. The van der Waals surface area contributed by atoms with Crippen LogP contribution in [0.5, 0.6) is 0 Å². The highest BCUT2D eigenvalue weighted by atomic mass is 32.1. The third-order valence-corrected chi connectivity index (χ3v) is 10.2. The molecule has 0 unspecified atom stereocenters. The van der Waals surface area contributed by atoms with Gasteiger partial charge in [-0.2, -0.15) is 0 Å². The first kappa shape index (κ1) is 24.6. The van der Waals surface area contributed by atoms with E-state index in [2.05, 4.69) is 129 Å². The Hall–Kier alpha value is -5.78. The average Bonchev–Trinajstić information content (AvgIpc) is 3.66. The number of thiophene rings is 1. The second-order valence-electron chi connectivity index (χ2n) is 11.5. The Labute approximate surface area is 263 Å². The van der Waals surface area contributed by atoms with Gasteiger partial charge < -0.3 is 9.47 Å². The lowest BCUT2D eigenvalue weighted by Gasteiger charge is -2.33. The van der Waals surface area contributed by atoms with Crippen molar-refractivity contribution in [3.63, 3.8) is 0 Å². The molecule has 9 aromatic rings. The summed E-state index contributed by atoms with van der Waals surface area (Å²) in [4.78, 5) is 11.3. The number of hydrogen-bond donors (Lipinski definition) is 0. The second kappa shape index (κ2) is 9.36. The summed E-state index contributed by atoms with van der Waals surface area (Å²) in [6, 6.07) is 44.0. The Kier molecular flexibility index (Phi) is 5.12. The molecule has 1 aliphatic rings. The molecular weight excluding hydrogens is 569 g/mol. The number of nitrogens with zero attached hydrogens (tertiary/aromatic N) is 4. The van der Waals surface area contributed by atoms with E-state index in [9.17, 15) is 0 Å². The number of rotatable bonds is 3. The summed E-state index contributed by atoms with van der Waals surface area (Å²) in [7, 11) is 0. The van der Waals surface area contributed by atoms with Gasteiger partial charge in [-0.05, 0) is 71.8 Å². The summed E-state index contributed by atoms with van der Waals surface area (Å²) in [6.45, 7) is 0. The minimum Gasteiger partial charge on any atom is -0.306 e. The van der Waals surface area contributed by atoms with Crippen molar-refractivity contribution in [1.29, 1.82) is 0 Å². The van der Waals surface area contributed by atoms with Crippen LogP contribution in [0.1, 0.15) is 0 Å². The van der Waals surface area contributed by atoms with Crippen molar-refractivity contribution >= 4 is 70.4 Å². The molecule has 45 heavy (non-hydrogen) atoms. The number of anilines is 3. The van der Waals surface area contributed by atoms with Crippen LogP contribution < -0.4 is 4.90 Å². The van der Waals surface area contributed by atoms with E-state index < -0.39 is 0 Å². The van der Waals surface area contributed by atoms with Gasteiger partial charge in [0.25, 0.3) is 0 Å². The molecule has 0 atom stereocenters. The molecule has 0 saturated carbocycles. The summed E-state index contributed by atoms with van der Waals surface area (Å²) in [5.74, 6) is 0. The van der Waals surface area contributed by atoms with Crippen LogP contribution in [-0.4, -0.2) is 14.5 Å². The van der Waals surface area contributed by atoms with E-state index in [1.807, 2.05) is 48.3 Å². The molecule has 4 nitrogen and oxygen atoms in total. The van der Waals surface area contributed by atoms with Gasteiger partial charge in [-0.15, -0.1) is 11.3 Å². The van der Waals surface area contributed by atoms with Gasteiger partial charge in [-0.1, -0.05) is 60.7 Å². The molecule has 0 amide bonds. The molecule has 0 bridgehead atoms. The van der Waals surface area contributed by atoms with E-state index in [0.29, 0.717) is 0 Å². The van der Waals surface area contributed by atoms with Gasteiger partial charge in [-0.25, -0.2) is 0 Å². The van der Waals surface area contributed by atoms with Crippen LogP contribution in [0.25, 0.3) is 69.9 Å². The van der Waals surface area contributed by atoms with Crippen molar-refractivity contribution in [2.75, 3.05) is 4.90 Å². The Morgan fingerprint density at radius 1 is 0.511 bits per heavy atom. The maximum Gasteiger partial charge on any atom is 0.0783 e. The Balaban J connectivity index is 1.31. The highest BCUT2D eigenvalue weighted by Crippen LogP contribution is 2.52. The van der Waals surface area contributed by atoms with E-state index in [0.717, 1.165) is 39.3 Å². The standard InChI is InChI=1S/C40H24N4S/c1-4-15-37-30(10-1)31-16-17-35-38(40(31)45-37)32-11-5-14-36-39(32)44(35)34-13-3-2-12-33(34)43(36)29-21-27(25-8-6-18-41-23-25)20-28(22-29)26-9-7-19-42-24-26/h1-24H. The fraction of sp³-hybridized carbons (Fsp3) is 0. The van der Waals surface area contributed by atoms with Gasteiger partial charge in [0.2, 0.25) is 0 Å². The molecule has 0 spiro atoms. The van der Waals surface area contributed by atoms with Crippen LogP contribution >= 0.6 is 11.3 Å². The van der Waals surface area contributed by atoms with E-state index in [1.165, 1.54) is 47.7 Å². The zero-order valence-corrected chi connectivity index (χ0v) is 24.9. The number of aromatic nitrogens is 3. The largest absolute Gasteiger partial charge is 0.306 e. The third kappa shape index (κ3) is 3.53. The highest BCUT2D eigenvalue weighted by molar-refractivity contribution is 7.26. The van der Waals surface area contributed by atoms with E-state index in [-0.39, 0.29) is 0 Å². The lowest BCUT2D eigenvalue weighted by atomic mass is 9.98. The van der Waals surface area contributed by atoms with Crippen molar-refractivity contribution in [1.82, 2.24) is 14.5 Å². The topological polar surface area (TPSA) is 34.0 Å². The molecule has 0 N–H and O–H groups in total. The number of fused-ring (bicyclic) bond motifs is 9. The minimum absolute atomic E-state index is 1.08. The van der Waals surface area contributed by atoms with Crippen LogP contribution in [0, 0.1) is 0 Å². The van der Waals surface area contributed by atoms with Crippen LogP contribution in [0.3, 0.4) is 0 Å². The molecule has 5 heterocycles. The number of pyridine rings is 2. The van der Waals surface area contributed by atoms with E-state index in [4.69, 9.17) is 0 Å². The minimum atomic E-state index is 1.08. The Bertz CT molecular complexity index is 2540. The first-order valence-corrected chi connectivity index (χ1v) is 15.9. The van der Waals surface area contributed by atoms with Gasteiger partial charge in [0.05, 0.1) is 28.1 Å². The second-order valence-corrected chi connectivity index (χ2v) is 12.6. The highest BCUT2D eigenvalue weighted by Gasteiger charge is 2.29. The van der Waals surface area contributed by atoms with Crippen molar-refractivity contribution in [3.05, 3.63) is 146 Å². The van der Waals surface area contributed by atoms with Crippen molar-refractivity contribution < 1.29 is 0 Å². The molecular formula is C40H24N4S. The van der Waals surface area contributed by atoms with Gasteiger partial charge >= 0.3 is 0 Å². The van der Waals surface area contributed by atoms with Crippen LogP contribution in [0.15, 0.2) is 146 Å². The number of hydrogen-bond acceptors (Lipinski definition) is 4. The lowest BCUT2D eigenvalue weighted by Crippen LogP contribution is -2.18. The summed E-state index contributed by atoms with van der Waals surface area (Å²) < 4.78 is 5.14. The van der Waals surface area contributed by atoms with E-state index in [1.54, 1.807) is 0 Å². The smallest absolute Gasteiger partial charge is 0.0783 e. The van der Waals surface area contributed by atoms with Gasteiger partial charge in [0.1, 0.15) is 0 Å². The first-order valence-electron chi connectivity index (χ1n) is 15.1. The molecule has 0 fully saturated rings. The molecule has 210 valence electrons. The van der Waals surface area contributed by atoms with Crippen LogP contribution in [0.4, 0.5) is 17.1 Å². The number of benzene rings is 5. The molecule has 4 aromatic heterocycles. The maximum atomic E-state index is 4.44. The lowest BCUT2D eigenvalue weighted by molar-refractivity contribution is 1.11. The predicted octanol–water partition coefficient (Wildman–Crippen LogP) is 11.1. The molecule has 1 aliphatic heterocycles. The van der Waals surface area contributed by atoms with Crippen molar-refractivity contribution in [2.24, 2.45) is 0 Å². The molecule has 0 radical (unpaired) electrons. The molecule has 10 rings (SSSR count). The molecule has 0 aliphatic carbocycles. The third-order valence-electron chi connectivity index (χ3n) is 9.04. The first-order chi connectivity index (χ1) is 22.3. The summed E-state index contributed by atoms with van der Waals surface area (Å²) >= 11 is 1.89. The van der Waals surface area contributed by atoms with Gasteiger partial charge in [0, 0.05) is 72.5 Å². The zero-order valence-electron chi connectivity index (χ0n) is 24.1. The Morgan fingerprint density at radius 3 is 1.96 bits per heavy atom. The maximum absolute atomic E-state index is 4.44. The monoisotopic (exact) mass is 592 g/mol. The molecule has 5 aromatic carbocycles. The summed E-state index contributed by atoms with van der Waals surface area (Å²) in [6.07, 6.45) is 7.52. The fourth-order valence-electron chi connectivity index (χ4n) is 7.14. The fourth-order valence-corrected chi connectivity index (χ4v) is 8.39. The Morgan fingerprint density at radius 2 is 1.20 bits per heavy atom. The van der Waals surface area contributed by atoms with Gasteiger partial charge in [-0.3, -0.25) is 9.97 Å². The number of para-hydroxylation sites is 3. The molecule has 0 saturated heterocycles. The summed E-state index contributed by atoms with van der Waals surface area (Å²) in [5.41, 5.74) is 11.4. The van der Waals surface area contributed by atoms with Crippen molar-refractivity contribution in [3.8, 4) is 27.9 Å². The van der Waals surface area contributed by atoms with Crippen LogP contribution in [-0.2, 0) is 0 Å². The van der Waals surface area contributed by atoms with Gasteiger partial charge in [0.15, 0.2) is 0 Å². The summed E-state index contributed by atoms with van der Waals surface area (Å²) in [5, 5.41) is 5.24. The van der Waals surface area contributed by atoms with E-state index >= 15 is 0 Å². The molecule has 5 heteroatoms. The predicted molar refractivity (Wildman–Crippen MR) is 188 cm³/mol.